The zero-order chi connectivity index (χ0) is 22.3. The Bertz CT molecular complexity index is 1140. The molecule has 32 heavy (non-hydrogen) atoms. The molecular weight excluding hydrogens is 392 g/mol. The number of fused-ring (bicyclic) bond motifs is 1. The van der Waals surface area contributed by atoms with Gasteiger partial charge in [0.05, 0.1) is 0 Å². The lowest BCUT2D eigenvalue weighted by Crippen LogP contribution is -2.31. The Labute approximate surface area is 191 Å². The molecule has 0 spiro atoms. The minimum atomic E-state index is 0.711. The minimum Gasteiger partial charge on any atom is -0.366 e. The number of hydrogen-bond donors (Lipinski definition) is 1. The van der Waals surface area contributed by atoms with E-state index in [-0.39, 0.29) is 0 Å². The molecule has 0 bridgehead atoms. The first-order valence-corrected chi connectivity index (χ1v) is 11.1. The molecule has 1 N–H and O–H groups in total. The molecule has 4 nitrogen and oxygen atoms in total. The molecule has 1 aliphatic heterocycles. The van der Waals surface area contributed by atoms with E-state index in [0.717, 1.165) is 36.7 Å². The zero-order valence-corrected chi connectivity index (χ0v) is 18.9. The molecule has 0 saturated carbocycles. The van der Waals surface area contributed by atoms with Gasteiger partial charge in [-0.15, -0.1) is 0 Å². The van der Waals surface area contributed by atoms with Gasteiger partial charge in [0.2, 0.25) is 0 Å². The Morgan fingerprint density at radius 2 is 1.88 bits per heavy atom. The largest absolute Gasteiger partial charge is 0.366 e. The average Bonchev–Trinajstić information content (AvgIpc) is 2.82. The van der Waals surface area contributed by atoms with Gasteiger partial charge in [0.25, 0.3) is 0 Å². The van der Waals surface area contributed by atoms with Crippen LogP contribution in [0.4, 0.5) is 11.6 Å². The quantitative estimate of drug-likeness (QED) is 0.461. The summed E-state index contributed by atoms with van der Waals surface area (Å²) in [5.41, 5.74) is 7.42. The highest BCUT2D eigenvalue weighted by molar-refractivity contribution is 5.75. The maximum Gasteiger partial charge on any atom is 0.134 e. The molecule has 2 aromatic carbocycles. The van der Waals surface area contributed by atoms with Crippen LogP contribution in [0, 0.1) is 0 Å². The molecule has 2 heterocycles. The number of benzene rings is 2. The van der Waals surface area contributed by atoms with Crippen LogP contribution < -0.4 is 10.2 Å². The normalized spacial score (nSPS) is 13.8. The summed E-state index contributed by atoms with van der Waals surface area (Å²) in [6.45, 7) is 10.6. The van der Waals surface area contributed by atoms with Crippen LogP contribution in [0.2, 0.25) is 0 Å². The monoisotopic (exact) mass is 422 g/mol. The fourth-order valence-electron chi connectivity index (χ4n) is 3.99. The summed E-state index contributed by atoms with van der Waals surface area (Å²) >= 11 is 0. The van der Waals surface area contributed by atoms with Gasteiger partial charge in [-0.3, -0.25) is 0 Å². The van der Waals surface area contributed by atoms with Gasteiger partial charge in [0.1, 0.15) is 18.0 Å². The van der Waals surface area contributed by atoms with E-state index in [9.17, 15) is 0 Å². The molecule has 0 amide bonds. The van der Waals surface area contributed by atoms with Crippen molar-refractivity contribution in [2.24, 2.45) is 0 Å². The molecule has 0 aliphatic carbocycles. The highest BCUT2D eigenvalue weighted by Gasteiger charge is 2.17. The van der Waals surface area contributed by atoms with Crippen LogP contribution in [0.25, 0.3) is 5.57 Å². The predicted molar refractivity (Wildman–Crippen MR) is 135 cm³/mol. The van der Waals surface area contributed by atoms with Gasteiger partial charge in [-0.25, -0.2) is 9.97 Å². The Balaban J connectivity index is 1.41. The van der Waals surface area contributed by atoms with Gasteiger partial charge in [-0.05, 0) is 48.1 Å². The lowest BCUT2D eigenvalue weighted by Gasteiger charge is -2.29. The maximum atomic E-state index is 4.52. The minimum absolute atomic E-state index is 0.711. The average molecular weight is 423 g/mol. The summed E-state index contributed by atoms with van der Waals surface area (Å²) < 4.78 is 0. The molecule has 0 atom stereocenters. The van der Waals surface area contributed by atoms with Crippen LogP contribution >= 0.6 is 0 Å². The van der Waals surface area contributed by atoms with E-state index in [2.05, 4.69) is 93.5 Å². The van der Waals surface area contributed by atoms with Crippen molar-refractivity contribution in [3.63, 3.8) is 0 Å². The second-order valence-electron chi connectivity index (χ2n) is 8.20. The Kier molecular flexibility index (Phi) is 6.81. The van der Waals surface area contributed by atoms with E-state index < -0.39 is 0 Å². The van der Waals surface area contributed by atoms with Crippen LogP contribution in [0.1, 0.15) is 36.1 Å². The molecule has 0 fully saturated rings. The van der Waals surface area contributed by atoms with Gasteiger partial charge in [-0.2, -0.15) is 0 Å². The molecule has 1 aromatic heterocycles. The van der Waals surface area contributed by atoms with Gasteiger partial charge in [-0.1, -0.05) is 78.9 Å². The summed E-state index contributed by atoms with van der Waals surface area (Å²) in [7, 11) is 0. The molecule has 0 saturated heterocycles. The van der Waals surface area contributed by atoms with Crippen molar-refractivity contribution in [2.45, 2.75) is 33.4 Å². The molecule has 4 rings (SSSR count). The van der Waals surface area contributed by atoms with E-state index in [1.165, 1.54) is 27.8 Å². The molecule has 1 aliphatic rings. The van der Waals surface area contributed by atoms with Crippen LogP contribution in [-0.4, -0.2) is 16.5 Å². The first-order valence-electron chi connectivity index (χ1n) is 11.1. The smallest absolute Gasteiger partial charge is 0.134 e. The summed E-state index contributed by atoms with van der Waals surface area (Å²) in [5.74, 6) is 1.81. The summed E-state index contributed by atoms with van der Waals surface area (Å²) in [6.07, 6.45) is 8.97. The lowest BCUT2D eigenvalue weighted by atomic mass is 10.00. The van der Waals surface area contributed by atoms with Crippen LogP contribution in [0.5, 0.6) is 0 Å². The molecule has 162 valence electrons. The second kappa shape index (κ2) is 10.1. The van der Waals surface area contributed by atoms with E-state index in [0.29, 0.717) is 6.54 Å². The SMILES string of the molecule is C=C(C)/C=C(\C=C/C)c1ccc(CNc2cc(N3CCc4ccccc4C3)ncn2)cc1. The van der Waals surface area contributed by atoms with Crippen molar-refractivity contribution < 1.29 is 0 Å². The number of anilines is 2. The van der Waals surface area contributed by atoms with Crippen molar-refractivity contribution in [3.8, 4) is 0 Å². The summed E-state index contributed by atoms with van der Waals surface area (Å²) in [4.78, 5) is 11.3. The standard InChI is InChI=1S/C28H30N4/c1-4-7-25(16-21(2)3)24-12-10-22(11-13-24)18-29-27-17-28(31-20-30-27)32-15-14-23-8-5-6-9-26(23)19-32/h4-13,16-17,20H,2,14-15,18-19H2,1,3H3,(H,29,30,31)/b7-4-,25-16+. The predicted octanol–water partition coefficient (Wildman–Crippen LogP) is 6.19. The third-order valence-corrected chi connectivity index (χ3v) is 5.62. The molecule has 3 aromatic rings. The Hall–Kier alpha value is -3.66. The van der Waals surface area contributed by atoms with Crippen LogP contribution in [0.15, 0.2) is 91.3 Å². The zero-order valence-electron chi connectivity index (χ0n) is 18.9. The molecular formula is C28H30N4. The summed E-state index contributed by atoms with van der Waals surface area (Å²) in [6, 6.07) is 19.3. The number of allylic oxidation sites excluding steroid dienone is 5. The van der Waals surface area contributed by atoms with E-state index in [1.807, 2.05) is 19.9 Å². The Morgan fingerprint density at radius 3 is 2.62 bits per heavy atom. The number of nitrogens with one attached hydrogen (secondary N) is 1. The van der Waals surface area contributed by atoms with Gasteiger partial charge in [0.15, 0.2) is 0 Å². The van der Waals surface area contributed by atoms with Crippen molar-refractivity contribution in [1.82, 2.24) is 9.97 Å². The van der Waals surface area contributed by atoms with E-state index >= 15 is 0 Å². The third kappa shape index (κ3) is 5.33. The van der Waals surface area contributed by atoms with Crippen LogP contribution in [0.3, 0.4) is 0 Å². The van der Waals surface area contributed by atoms with Crippen molar-refractivity contribution in [1.29, 1.82) is 0 Å². The molecule has 0 unspecified atom stereocenters. The third-order valence-electron chi connectivity index (χ3n) is 5.62. The van der Waals surface area contributed by atoms with Crippen molar-refractivity contribution >= 4 is 17.2 Å². The fraction of sp³-hybridized carbons (Fsp3) is 0.214. The highest BCUT2D eigenvalue weighted by atomic mass is 15.2. The highest BCUT2D eigenvalue weighted by Crippen LogP contribution is 2.24. The first kappa shape index (κ1) is 21.6. The molecule has 4 heteroatoms. The number of nitrogens with zero attached hydrogens (tertiary/aromatic N) is 3. The van der Waals surface area contributed by atoms with E-state index in [4.69, 9.17) is 0 Å². The number of rotatable bonds is 7. The molecule has 0 radical (unpaired) electrons. The topological polar surface area (TPSA) is 41.0 Å². The van der Waals surface area contributed by atoms with E-state index in [1.54, 1.807) is 6.33 Å². The number of hydrogen-bond acceptors (Lipinski definition) is 4. The van der Waals surface area contributed by atoms with Gasteiger partial charge >= 0.3 is 0 Å². The van der Waals surface area contributed by atoms with Crippen molar-refractivity contribution in [2.75, 3.05) is 16.8 Å². The maximum absolute atomic E-state index is 4.52. The second-order valence-corrected chi connectivity index (χ2v) is 8.20. The van der Waals surface area contributed by atoms with Crippen LogP contribution in [-0.2, 0) is 19.5 Å². The Morgan fingerprint density at radius 1 is 1.09 bits per heavy atom. The summed E-state index contributed by atoms with van der Waals surface area (Å²) in [5, 5.41) is 3.45. The van der Waals surface area contributed by atoms with Gasteiger partial charge < -0.3 is 10.2 Å². The lowest BCUT2D eigenvalue weighted by molar-refractivity contribution is 0.719. The number of aromatic nitrogens is 2. The van der Waals surface area contributed by atoms with Crippen molar-refractivity contribution in [3.05, 3.63) is 114 Å². The van der Waals surface area contributed by atoms with Gasteiger partial charge in [0, 0.05) is 25.7 Å². The first-order chi connectivity index (χ1) is 15.6. The fourth-order valence-corrected chi connectivity index (χ4v) is 3.99.